The molecule has 2 amide bonds. The molecule has 0 saturated heterocycles. The molecular weight excluding hydrogens is 603 g/mol. The highest BCUT2D eigenvalue weighted by Crippen LogP contribution is 2.26. The minimum Gasteiger partial charge on any atom is -0.352 e. The number of rotatable bonds is 11. The first kappa shape index (κ1) is 29.0. The molecule has 1 N–H and O–H groups in total. The van der Waals surface area contributed by atoms with Gasteiger partial charge in [0, 0.05) is 29.2 Å². The van der Waals surface area contributed by atoms with Crippen LogP contribution in [0.5, 0.6) is 0 Å². The maximum atomic E-state index is 13.8. The molecule has 0 spiro atoms. The first-order valence-electron chi connectivity index (χ1n) is 12.8. The van der Waals surface area contributed by atoms with Gasteiger partial charge in [-0.1, -0.05) is 101 Å². The van der Waals surface area contributed by atoms with E-state index in [9.17, 15) is 9.59 Å². The van der Waals surface area contributed by atoms with E-state index in [-0.39, 0.29) is 23.6 Å². The van der Waals surface area contributed by atoms with E-state index in [1.807, 2.05) is 66.7 Å². The molecule has 1 aliphatic rings. The first-order chi connectivity index (χ1) is 18.4. The van der Waals surface area contributed by atoms with E-state index in [1.165, 1.54) is 11.8 Å². The van der Waals surface area contributed by atoms with Gasteiger partial charge in [-0.15, -0.1) is 11.8 Å². The van der Waals surface area contributed by atoms with Crippen LogP contribution < -0.4 is 5.32 Å². The molecule has 8 heteroatoms. The Labute approximate surface area is 247 Å². The predicted molar refractivity (Wildman–Crippen MR) is 162 cm³/mol. The van der Waals surface area contributed by atoms with E-state index in [0.717, 1.165) is 46.8 Å². The molecule has 0 unspecified atom stereocenters. The fourth-order valence-corrected chi connectivity index (χ4v) is 6.35. The third-order valence-electron chi connectivity index (χ3n) is 6.69. The predicted octanol–water partition coefficient (Wildman–Crippen LogP) is 7.69. The molecule has 4 nitrogen and oxygen atoms in total. The third-order valence-corrected chi connectivity index (χ3v) is 8.91. The Morgan fingerprint density at radius 3 is 2.37 bits per heavy atom. The van der Waals surface area contributed by atoms with Crippen molar-refractivity contribution in [1.29, 1.82) is 0 Å². The number of carbonyl (C=O) groups is 2. The van der Waals surface area contributed by atoms with E-state index < -0.39 is 6.04 Å². The summed E-state index contributed by atoms with van der Waals surface area (Å²) in [5, 5.41) is 4.26. The van der Waals surface area contributed by atoms with Gasteiger partial charge in [0.15, 0.2) is 0 Å². The number of nitrogens with zero attached hydrogens (tertiary/aromatic N) is 1. The van der Waals surface area contributed by atoms with Gasteiger partial charge < -0.3 is 10.2 Å². The van der Waals surface area contributed by atoms with Gasteiger partial charge in [-0.05, 0) is 53.8 Å². The molecule has 1 fully saturated rings. The standard InChI is InChI=1S/C30H31BrCl2N2O2S/c31-24-10-6-9-22(15-24)18-35(29(36)20-38-19-23-13-14-26(32)27(33)16-23)28(17-21-7-2-1-3-8-21)30(37)34-25-11-4-5-12-25/h1-3,6-10,13-16,25,28H,4-5,11-12,17-20H2,(H,34,37)/t28-/m0/s1. The van der Waals surface area contributed by atoms with Gasteiger partial charge in [0.1, 0.15) is 6.04 Å². The largest absolute Gasteiger partial charge is 0.352 e. The fraction of sp³-hybridized carbons (Fsp3) is 0.333. The lowest BCUT2D eigenvalue weighted by molar-refractivity contribution is -0.139. The van der Waals surface area contributed by atoms with Crippen molar-refractivity contribution in [1.82, 2.24) is 10.2 Å². The third kappa shape index (κ3) is 8.51. The summed E-state index contributed by atoms with van der Waals surface area (Å²) in [5.41, 5.74) is 2.99. The number of amides is 2. The van der Waals surface area contributed by atoms with Crippen LogP contribution in [0.2, 0.25) is 10.0 Å². The van der Waals surface area contributed by atoms with Crippen LogP contribution in [0.3, 0.4) is 0 Å². The van der Waals surface area contributed by atoms with E-state index in [4.69, 9.17) is 23.2 Å². The number of hydrogen-bond donors (Lipinski definition) is 1. The summed E-state index contributed by atoms with van der Waals surface area (Å²) in [6.07, 6.45) is 4.68. The van der Waals surface area contributed by atoms with Crippen molar-refractivity contribution in [3.63, 3.8) is 0 Å². The van der Waals surface area contributed by atoms with Gasteiger partial charge in [0.05, 0.1) is 15.8 Å². The van der Waals surface area contributed by atoms with E-state index in [2.05, 4.69) is 21.2 Å². The van der Waals surface area contributed by atoms with Crippen LogP contribution in [0.1, 0.15) is 42.4 Å². The molecule has 3 aromatic carbocycles. The molecule has 1 atom stereocenters. The van der Waals surface area contributed by atoms with Gasteiger partial charge >= 0.3 is 0 Å². The Bertz CT molecular complexity index is 1240. The average molecular weight is 634 g/mol. The zero-order chi connectivity index (χ0) is 26.9. The van der Waals surface area contributed by atoms with Crippen molar-refractivity contribution in [2.45, 2.75) is 56.5 Å². The van der Waals surface area contributed by atoms with Gasteiger partial charge in [0.2, 0.25) is 11.8 Å². The second-order valence-electron chi connectivity index (χ2n) is 9.59. The minimum absolute atomic E-state index is 0.0717. The molecule has 0 bridgehead atoms. The summed E-state index contributed by atoms with van der Waals surface area (Å²) >= 11 is 17.3. The summed E-state index contributed by atoms with van der Waals surface area (Å²) in [7, 11) is 0. The fourth-order valence-electron chi connectivity index (χ4n) is 4.72. The molecule has 0 heterocycles. The molecule has 0 radical (unpaired) electrons. The topological polar surface area (TPSA) is 49.4 Å². The van der Waals surface area contributed by atoms with Gasteiger partial charge in [-0.25, -0.2) is 0 Å². The van der Waals surface area contributed by atoms with E-state index in [0.29, 0.717) is 28.8 Å². The maximum absolute atomic E-state index is 13.8. The number of halogens is 3. The number of nitrogens with one attached hydrogen (secondary N) is 1. The molecule has 1 saturated carbocycles. The summed E-state index contributed by atoms with van der Waals surface area (Å²) in [4.78, 5) is 29.3. The first-order valence-corrected chi connectivity index (χ1v) is 15.5. The number of thioether (sulfide) groups is 1. The minimum atomic E-state index is -0.616. The summed E-state index contributed by atoms with van der Waals surface area (Å²) in [6.45, 7) is 0.348. The van der Waals surface area contributed by atoms with Gasteiger partial charge in [0.25, 0.3) is 0 Å². The van der Waals surface area contributed by atoms with Crippen molar-refractivity contribution >= 4 is 62.7 Å². The van der Waals surface area contributed by atoms with Crippen molar-refractivity contribution < 1.29 is 9.59 Å². The number of carbonyl (C=O) groups excluding carboxylic acids is 2. The van der Waals surface area contributed by atoms with Gasteiger partial charge in [-0.2, -0.15) is 0 Å². The molecule has 200 valence electrons. The van der Waals surface area contributed by atoms with Crippen molar-refractivity contribution in [2.24, 2.45) is 0 Å². The second-order valence-corrected chi connectivity index (χ2v) is 12.3. The summed E-state index contributed by atoms with van der Waals surface area (Å²) < 4.78 is 0.936. The Morgan fingerprint density at radius 2 is 1.66 bits per heavy atom. The Hall–Kier alpha value is -1.99. The Kier molecular flexibility index (Phi) is 11.0. The highest BCUT2D eigenvalue weighted by Gasteiger charge is 2.32. The zero-order valence-corrected chi connectivity index (χ0v) is 25.0. The van der Waals surface area contributed by atoms with Crippen LogP contribution in [-0.4, -0.2) is 34.6 Å². The highest BCUT2D eigenvalue weighted by atomic mass is 79.9. The SMILES string of the molecule is O=C(NC1CCCC1)[C@H](Cc1ccccc1)N(Cc1cccc(Br)c1)C(=O)CSCc1ccc(Cl)c(Cl)c1. The molecule has 0 aliphatic heterocycles. The lowest BCUT2D eigenvalue weighted by Gasteiger charge is -2.32. The number of benzene rings is 3. The average Bonchev–Trinajstić information content (AvgIpc) is 3.42. The lowest BCUT2D eigenvalue weighted by Crippen LogP contribution is -2.52. The van der Waals surface area contributed by atoms with E-state index >= 15 is 0 Å². The van der Waals surface area contributed by atoms with Crippen LogP contribution >= 0.6 is 50.9 Å². The van der Waals surface area contributed by atoms with Crippen molar-refractivity contribution in [3.8, 4) is 0 Å². The van der Waals surface area contributed by atoms with Crippen molar-refractivity contribution in [3.05, 3.63) is 104 Å². The smallest absolute Gasteiger partial charge is 0.243 e. The van der Waals surface area contributed by atoms with Gasteiger partial charge in [-0.3, -0.25) is 9.59 Å². The number of hydrogen-bond acceptors (Lipinski definition) is 3. The second kappa shape index (κ2) is 14.4. The van der Waals surface area contributed by atoms with Crippen LogP contribution in [0.25, 0.3) is 0 Å². The molecule has 0 aromatic heterocycles. The summed E-state index contributed by atoms with van der Waals surface area (Å²) in [6, 6.07) is 22.9. The summed E-state index contributed by atoms with van der Waals surface area (Å²) in [5.74, 6) is 0.706. The Morgan fingerprint density at radius 1 is 0.921 bits per heavy atom. The normalized spacial score (nSPS) is 14.3. The monoisotopic (exact) mass is 632 g/mol. The molecule has 4 rings (SSSR count). The zero-order valence-electron chi connectivity index (χ0n) is 21.0. The molecule has 3 aromatic rings. The Balaban J connectivity index is 1.56. The highest BCUT2D eigenvalue weighted by molar-refractivity contribution is 9.10. The van der Waals surface area contributed by atoms with Crippen LogP contribution in [0, 0.1) is 0 Å². The van der Waals surface area contributed by atoms with Crippen LogP contribution in [-0.2, 0) is 28.3 Å². The lowest BCUT2D eigenvalue weighted by atomic mass is 10.0. The molecule has 1 aliphatic carbocycles. The van der Waals surface area contributed by atoms with Crippen molar-refractivity contribution in [2.75, 3.05) is 5.75 Å². The quantitative estimate of drug-likeness (QED) is 0.236. The van der Waals surface area contributed by atoms with E-state index in [1.54, 1.807) is 11.0 Å². The van der Waals surface area contributed by atoms with Crippen LogP contribution in [0.15, 0.2) is 77.3 Å². The maximum Gasteiger partial charge on any atom is 0.243 e. The van der Waals surface area contributed by atoms with Crippen LogP contribution in [0.4, 0.5) is 0 Å². The molecule has 38 heavy (non-hydrogen) atoms. The molecular formula is C30H31BrCl2N2O2S.